The summed E-state index contributed by atoms with van der Waals surface area (Å²) in [6.45, 7) is 0. The van der Waals surface area contributed by atoms with Crippen molar-refractivity contribution in [3.8, 4) is 5.75 Å². The lowest BCUT2D eigenvalue weighted by molar-refractivity contribution is -0.168. The number of carbonyl (C=O) groups is 1. The molecule has 5 heteroatoms. The zero-order valence-electron chi connectivity index (χ0n) is 10.2. The van der Waals surface area contributed by atoms with E-state index in [4.69, 9.17) is 21.2 Å². The van der Waals surface area contributed by atoms with Crippen molar-refractivity contribution in [3.05, 3.63) is 28.8 Å². The summed E-state index contributed by atoms with van der Waals surface area (Å²) in [7, 11) is 4.61. The average molecular weight is 258 g/mol. The molecule has 0 saturated carbocycles. The number of carbonyl (C=O) groups excluding carboxylic acids is 1. The molecular weight excluding hydrogens is 242 g/mol. The summed E-state index contributed by atoms with van der Waals surface area (Å²) in [6.07, 6.45) is 1.00. The molecule has 0 N–H and O–H groups in total. The number of amides is 1. The molecule has 0 radical (unpaired) electrons. The highest BCUT2D eigenvalue weighted by Gasteiger charge is 2.09. The van der Waals surface area contributed by atoms with Crippen molar-refractivity contribution in [1.29, 1.82) is 0 Å². The lowest BCUT2D eigenvalue weighted by atomic mass is 10.1. The number of hydrogen-bond donors (Lipinski definition) is 0. The Morgan fingerprint density at radius 2 is 2.12 bits per heavy atom. The molecule has 0 saturated heterocycles. The van der Waals surface area contributed by atoms with Crippen LogP contribution in [-0.2, 0) is 16.1 Å². The van der Waals surface area contributed by atoms with E-state index < -0.39 is 0 Å². The van der Waals surface area contributed by atoms with E-state index in [9.17, 15) is 4.79 Å². The van der Waals surface area contributed by atoms with E-state index in [1.54, 1.807) is 26.3 Å². The average Bonchev–Trinajstić information content (AvgIpc) is 2.35. The van der Waals surface area contributed by atoms with Gasteiger partial charge in [0.05, 0.1) is 19.2 Å². The molecule has 0 spiro atoms. The van der Waals surface area contributed by atoms with Gasteiger partial charge in [0.15, 0.2) is 0 Å². The molecule has 0 aliphatic heterocycles. The van der Waals surface area contributed by atoms with Crippen LogP contribution >= 0.6 is 11.6 Å². The predicted octanol–water partition coefficient (Wildman–Crippen LogP) is 2.30. The van der Waals surface area contributed by atoms with Crippen LogP contribution in [0.4, 0.5) is 0 Å². The summed E-state index contributed by atoms with van der Waals surface area (Å²) in [4.78, 5) is 16.3. The highest BCUT2D eigenvalue weighted by molar-refractivity contribution is 6.32. The first-order chi connectivity index (χ1) is 8.08. The molecule has 0 aliphatic carbocycles. The summed E-state index contributed by atoms with van der Waals surface area (Å²) in [5.41, 5.74) is 0.994. The summed E-state index contributed by atoms with van der Waals surface area (Å²) in [5.74, 6) is 0.565. The molecular formula is C12H16ClNO3. The maximum absolute atomic E-state index is 11.5. The van der Waals surface area contributed by atoms with Gasteiger partial charge in [-0.1, -0.05) is 17.7 Å². The molecule has 1 aromatic rings. The topological polar surface area (TPSA) is 38.8 Å². The Morgan fingerprint density at radius 1 is 1.41 bits per heavy atom. The van der Waals surface area contributed by atoms with Gasteiger partial charge in [-0.05, 0) is 24.1 Å². The first-order valence-corrected chi connectivity index (χ1v) is 5.59. The standard InChI is InChI=1S/C12H16ClNO3/c1-14(17-3)12(15)7-5-9-4-6-11(16-2)10(13)8-9/h4,6,8H,5,7H2,1-3H3. The number of aryl methyl sites for hydroxylation is 1. The van der Waals surface area contributed by atoms with Crippen LogP contribution in [0.2, 0.25) is 5.02 Å². The zero-order chi connectivity index (χ0) is 12.8. The third kappa shape index (κ3) is 3.91. The Morgan fingerprint density at radius 3 is 2.65 bits per heavy atom. The Hall–Kier alpha value is -1.26. The van der Waals surface area contributed by atoms with Crippen molar-refractivity contribution in [2.45, 2.75) is 12.8 Å². The van der Waals surface area contributed by atoms with Crippen molar-refractivity contribution in [3.63, 3.8) is 0 Å². The number of hydrogen-bond acceptors (Lipinski definition) is 3. The van der Waals surface area contributed by atoms with Gasteiger partial charge in [-0.25, -0.2) is 5.06 Å². The smallest absolute Gasteiger partial charge is 0.246 e. The molecule has 1 rings (SSSR count). The van der Waals surface area contributed by atoms with Gasteiger partial charge < -0.3 is 4.74 Å². The van der Waals surface area contributed by atoms with Crippen LogP contribution in [0.15, 0.2) is 18.2 Å². The summed E-state index contributed by atoms with van der Waals surface area (Å²) in [6, 6.07) is 5.49. The molecule has 0 atom stereocenters. The van der Waals surface area contributed by atoms with Crippen molar-refractivity contribution in [1.82, 2.24) is 5.06 Å². The molecule has 94 valence electrons. The molecule has 1 aromatic carbocycles. The van der Waals surface area contributed by atoms with E-state index in [1.165, 1.54) is 12.2 Å². The second-order valence-electron chi connectivity index (χ2n) is 3.54. The monoisotopic (exact) mass is 257 g/mol. The number of halogens is 1. The van der Waals surface area contributed by atoms with Crippen molar-refractivity contribution in [2.75, 3.05) is 21.3 Å². The van der Waals surface area contributed by atoms with Crippen LogP contribution in [0.3, 0.4) is 0 Å². The van der Waals surface area contributed by atoms with Gasteiger partial charge in [-0.15, -0.1) is 0 Å². The second-order valence-corrected chi connectivity index (χ2v) is 3.95. The maximum Gasteiger partial charge on any atom is 0.246 e. The Balaban J connectivity index is 2.58. The van der Waals surface area contributed by atoms with Crippen LogP contribution in [-0.4, -0.2) is 32.2 Å². The lowest BCUT2D eigenvalue weighted by Gasteiger charge is -2.13. The van der Waals surface area contributed by atoms with Crippen LogP contribution in [0, 0.1) is 0 Å². The number of rotatable bonds is 5. The highest BCUT2D eigenvalue weighted by Crippen LogP contribution is 2.25. The number of hydroxylamine groups is 2. The van der Waals surface area contributed by atoms with E-state index in [0.29, 0.717) is 23.6 Å². The van der Waals surface area contributed by atoms with Gasteiger partial charge in [-0.2, -0.15) is 0 Å². The lowest BCUT2D eigenvalue weighted by Crippen LogP contribution is -2.25. The highest BCUT2D eigenvalue weighted by atomic mass is 35.5. The molecule has 0 unspecified atom stereocenters. The van der Waals surface area contributed by atoms with E-state index in [-0.39, 0.29) is 5.91 Å². The van der Waals surface area contributed by atoms with Crippen LogP contribution in [0.5, 0.6) is 5.75 Å². The van der Waals surface area contributed by atoms with Crippen LogP contribution in [0.25, 0.3) is 0 Å². The molecule has 0 bridgehead atoms. The third-order valence-corrected chi connectivity index (χ3v) is 2.76. The van der Waals surface area contributed by atoms with Crippen molar-refractivity contribution < 1.29 is 14.4 Å². The molecule has 0 aliphatic rings. The van der Waals surface area contributed by atoms with Gasteiger partial charge >= 0.3 is 0 Å². The third-order valence-electron chi connectivity index (χ3n) is 2.47. The maximum atomic E-state index is 11.5. The zero-order valence-corrected chi connectivity index (χ0v) is 11.0. The molecule has 0 fully saturated rings. The normalized spacial score (nSPS) is 10.1. The van der Waals surface area contributed by atoms with E-state index in [2.05, 4.69) is 0 Å². The van der Waals surface area contributed by atoms with E-state index in [1.807, 2.05) is 6.07 Å². The minimum absolute atomic E-state index is 0.0700. The van der Waals surface area contributed by atoms with E-state index >= 15 is 0 Å². The minimum Gasteiger partial charge on any atom is -0.495 e. The Kier molecular flexibility index (Phi) is 5.25. The Bertz CT molecular complexity index is 395. The number of methoxy groups -OCH3 is 1. The quantitative estimate of drug-likeness (QED) is 0.760. The molecule has 17 heavy (non-hydrogen) atoms. The molecule has 0 heterocycles. The number of benzene rings is 1. The van der Waals surface area contributed by atoms with Crippen LogP contribution < -0.4 is 4.74 Å². The summed E-state index contributed by atoms with van der Waals surface area (Å²) >= 11 is 5.99. The fraction of sp³-hybridized carbons (Fsp3) is 0.417. The fourth-order valence-corrected chi connectivity index (χ4v) is 1.66. The summed E-state index contributed by atoms with van der Waals surface area (Å²) < 4.78 is 5.05. The number of ether oxygens (including phenoxy) is 1. The van der Waals surface area contributed by atoms with Crippen LogP contribution in [0.1, 0.15) is 12.0 Å². The van der Waals surface area contributed by atoms with Gasteiger partial charge in [0, 0.05) is 13.5 Å². The first-order valence-electron chi connectivity index (χ1n) is 5.21. The van der Waals surface area contributed by atoms with Gasteiger partial charge in [0.25, 0.3) is 0 Å². The largest absolute Gasteiger partial charge is 0.495 e. The summed E-state index contributed by atoms with van der Waals surface area (Å²) in [5, 5.41) is 1.77. The number of nitrogens with zero attached hydrogens (tertiary/aromatic N) is 1. The molecule has 4 nitrogen and oxygen atoms in total. The molecule has 0 aromatic heterocycles. The van der Waals surface area contributed by atoms with Gasteiger partial charge in [0.2, 0.25) is 5.91 Å². The molecule has 1 amide bonds. The Labute approximate surface area is 106 Å². The first kappa shape index (κ1) is 13.8. The van der Waals surface area contributed by atoms with E-state index in [0.717, 1.165) is 5.56 Å². The second kappa shape index (κ2) is 6.47. The fourth-order valence-electron chi connectivity index (χ4n) is 1.38. The van der Waals surface area contributed by atoms with Gasteiger partial charge in [-0.3, -0.25) is 9.63 Å². The van der Waals surface area contributed by atoms with Gasteiger partial charge in [0.1, 0.15) is 5.75 Å². The SMILES string of the molecule is COc1ccc(CCC(=O)N(C)OC)cc1Cl. The minimum atomic E-state index is -0.0700. The van der Waals surface area contributed by atoms with Crippen molar-refractivity contribution >= 4 is 17.5 Å². The van der Waals surface area contributed by atoms with Crippen molar-refractivity contribution in [2.24, 2.45) is 0 Å². The predicted molar refractivity (Wildman–Crippen MR) is 66.1 cm³/mol.